The minimum absolute atomic E-state index is 0.0997. The first-order valence-corrected chi connectivity index (χ1v) is 6.03. The summed E-state index contributed by atoms with van der Waals surface area (Å²) in [4.78, 5) is 10.6. The van der Waals surface area contributed by atoms with Crippen molar-refractivity contribution in [1.29, 1.82) is 5.26 Å². The first-order chi connectivity index (χ1) is 8.32. The Hall–Kier alpha value is -1.82. The molecule has 0 aromatic heterocycles. The molecule has 0 heterocycles. The van der Waals surface area contributed by atoms with Crippen LogP contribution in [-0.4, -0.2) is 11.1 Å². The van der Waals surface area contributed by atoms with Crippen LogP contribution < -0.4 is 0 Å². The lowest BCUT2D eigenvalue weighted by Crippen LogP contribution is -2.12. The van der Waals surface area contributed by atoms with Gasteiger partial charge in [0.25, 0.3) is 0 Å². The minimum Gasteiger partial charge on any atom is -0.481 e. The van der Waals surface area contributed by atoms with Crippen molar-refractivity contribution in [3.63, 3.8) is 0 Å². The lowest BCUT2D eigenvalue weighted by Gasteiger charge is -2.19. The maximum absolute atomic E-state index is 10.6. The number of rotatable bonds is 4. The van der Waals surface area contributed by atoms with Crippen LogP contribution in [0.5, 0.6) is 0 Å². The third-order valence-corrected chi connectivity index (χ3v) is 2.91. The molecule has 1 rings (SSSR count). The number of hydrogen-bond donors (Lipinski definition) is 1. The number of carboxylic acid groups (broad SMARTS) is 1. The highest BCUT2D eigenvalue weighted by molar-refractivity contribution is 5.67. The highest BCUT2D eigenvalue weighted by Gasteiger charge is 2.15. The number of hydrogen-bond acceptors (Lipinski definition) is 2. The molecule has 1 unspecified atom stereocenters. The van der Waals surface area contributed by atoms with Gasteiger partial charge in [-0.3, -0.25) is 4.79 Å². The number of carbonyl (C=O) groups is 1. The van der Waals surface area contributed by atoms with Gasteiger partial charge in [-0.2, -0.15) is 5.26 Å². The topological polar surface area (TPSA) is 61.1 Å². The molecule has 1 atom stereocenters. The van der Waals surface area contributed by atoms with Crippen LogP contribution in [0.25, 0.3) is 0 Å². The first-order valence-electron chi connectivity index (χ1n) is 6.03. The van der Waals surface area contributed by atoms with Crippen LogP contribution in [0.15, 0.2) is 24.3 Å². The van der Waals surface area contributed by atoms with Gasteiger partial charge in [0.2, 0.25) is 0 Å². The highest BCUT2D eigenvalue weighted by Crippen LogP contribution is 2.23. The summed E-state index contributed by atoms with van der Waals surface area (Å²) in [5.74, 6) is -1.38. The zero-order chi connectivity index (χ0) is 13.8. The van der Waals surface area contributed by atoms with Crippen LogP contribution in [0, 0.1) is 17.2 Å². The second kappa shape index (κ2) is 5.68. The molecule has 0 aliphatic carbocycles. The monoisotopic (exact) mass is 245 g/mol. The van der Waals surface area contributed by atoms with Crippen molar-refractivity contribution in [2.45, 2.75) is 39.0 Å². The fraction of sp³-hybridized carbons (Fsp3) is 0.467. The van der Waals surface area contributed by atoms with Crippen molar-refractivity contribution in [3.8, 4) is 6.07 Å². The summed E-state index contributed by atoms with van der Waals surface area (Å²) < 4.78 is 0. The molecule has 3 heteroatoms. The molecule has 0 radical (unpaired) electrons. The van der Waals surface area contributed by atoms with Gasteiger partial charge in [0.15, 0.2) is 0 Å². The molecule has 1 aromatic carbocycles. The molecule has 0 aliphatic rings. The molecule has 18 heavy (non-hydrogen) atoms. The maximum atomic E-state index is 10.6. The van der Waals surface area contributed by atoms with Crippen molar-refractivity contribution < 1.29 is 9.90 Å². The molecule has 1 aromatic rings. The van der Waals surface area contributed by atoms with Gasteiger partial charge in [-0.15, -0.1) is 0 Å². The number of benzene rings is 1. The van der Waals surface area contributed by atoms with Crippen LogP contribution in [-0.2, 0) is 16.6 Å². The standard InChI is InChI=1S/C15H19NO2/c1-15(2,3)13-6-4-11(5-7-13)8-12(10-16)9-14(17)18/h4-7,12H,8-9H2,1-3H3,(H,17,18). The van der Waals surface area contributed by atoms with Crippen molar-refractivity contribution in [2.75, 3.05) is 0 Å². The average molecular weight is 245 g/mol. The second-order valence-electron chi connectivity index (χ2n) is 5.57. The van der Waals surface area contributed by atoms with E-state index in [2.05, 4.69) is 20.8 Å². The van der Waals surface area contributed by atoms with E-state index in [1.807, 2.05) is 30.3 Å². The van der Waals surface area contributed by atoms with E-state index in [9.17, 15) is 4.79 Å². The van der Waals surface area contributed by atoms with E-state index < -0.39 is 11.9 Å². The van der Waals surface area contributed by atoms with Crippen LogP contribution in [0.3, 0.4) is 0 Å². The Morgan fingerprint density at radius 2 is 1.89 bits per heavy atom. The fourth-order valence-electron chi connectivity index (χ4n) is 1.80. The molecule has 96 valence electrons. The van der Waals surface area contributed by atoms with Gasteiger partial charge >= 0.3 is 5.97 Å². The summed E-state index contributed by atoms with van der Waals surface area (Å²) in [6, 6.07) is 10.1. The van der Waals surface area contributed by atoms with Crippen LogP contribution in [0.1, 0.15) is 38.3 Å². The van der Waals surface area contributed by atoms with E-state index in [0.717, 1.165) is 5.56 Å². The molecule has 0 spiro atoms. The molecule has 0 saturated carbocycles. The molecule has 0 amide bonds. The average Bonchev–Trinajstić information content (AvgIpc) is 2.27. The van der Waals surface area contributed by atoms with Gasteiger partial charge in [-0.1, -0.05) is 45.0 Å². The van der Waals surface area contributed by atoms with E-state index in [4.69, 9.17) is 10.4 Å². The van der Waals surface area contributed by atoms with Crippen molar-refractivity contribution in [3.05, 3.63) is 35.4 Å². The van der Waals surface area contributed by atoms with Crippen LogP contribution in [0.4, 0.5) is 0 Å². The zero-order valence-electron chi connectivity index (χ0n) is 11.1. The highest BCUT2D eigenvalue weighted by atomic mass is 16.4. The largest absolute Gasteiger partial charge is 0.481 e. The summed E-state index contributed by atoms with van der Waals surface area (Å²) in [6.45, 7) is 6.43. The second-order valence-corrected chi connectivity index (χ2v) is 5.57. The first kappa shape index (κ1) is 14.2. The SMILES string of the molecule is CC(C)(C)c1ccc(CC(C#N)CC(=O)O)cc1. The van der Waals surface area contributed by atoms with Gasteiger partial charge in [0.05, 0.1) is 18.4 Å². The Morgan fingerprint density at radius 1 is 1.33 bits per heavy atom. The van der Waals surface area contributed by atoms with Crippen molar-refractivity contribution in [1.82, 2.24) is 0 Å². The summed E-state index contributed by atoms with van der Waals surface area (Å²) >= 11 is 0. The smallest absolute Gasteiger partial charge is 0.304 e. The normalized spacial score (nSPS) is 12.8. The van der Waals surface area contributed by atoms with E-state index >= 15 is 0 Å². The van der Waals surface area contributed by atoms with Crippen LogP contribution >= 0.6 is 0 Å². The predicted octanol–water partition coefficient (Wildman–Crippen LogP) is 3.14. The number of nitrogens with zero attached hydrogens (tertiary/aromatic N) is 1. The van der Waals surface area contributed by atoms with Gasteiger partial charge in [-0.25, -0.2) is 0 Å². The molecular weight excluding hydrogens is 226 g/mol. The quantitative estimate of drug-likeness (QED) is 0.886. The lowest BCUT2D eigenvalue weighted by molar-refractivity contribution is -0.137. The predicted molar refractivity (Wildman–Crippen MR) is 70.2 cm³/mol. The van der Waals surface area contributed by atoms with E-state index in [0.29, 0.717) is 6.42 Å². The number of aliphatic carboxylic acids is 1. The minimum atomic E-state index is -0.923. The molecule has 0 saturated heterocycles. The maximum Gasteiger partial charge on any atom is 0.304 e. The molecule has 0 aliphatic heterocycles. The summed E-state index contributed by atoms with van der Waals surface area (Å²) in [6.07, 6.45) is 0.394. The Balaban J connectivity index is 2.75. The number of nitriles is 1. The van der Waals surface area contributed by atoms with E-state index in [-0.39, 0.29) is 11.8 Å². The third kappa shape index (κ3) is 4.21. The van der Waals surface area contributed by atoms with Gasteiger partial charge in [0, 0.05) is 0 Å². The van der Waals surface area contributed by atoms with Gasteiger partial charge in [-0.05, 0) is 23.0 Å². The Morgan fingerprint density at radius 3 is 2.28 bits per heavy atom. The van der Waals surface area contributed by atoms with Gasteiger partial charge < -0.3 is 5.11 Å². The van der Waals surface area contributed by atoms with Crippen molar-refractivity contribution >= 4 is 5.97 Å². The third-order valence-electron chi connectivity index (χ3n) is 2.91. The summed E-state index contributed by atoms with van der Waals surface area (Å²) in [5, 5.41) is 17.6. The molecule has 3 nitrogen and oxygen atoms in total. The Labute approximate surface area is 108 Å². The summed E-state index contributed by atoms with van der Waals surface area (Å²) in [5.41, 5.74) is 2.35. The molecular formula is C15H19NO2. The van der Waals surface area contributed by atoms with E-state index in [1.165, 1.54) is 5.56 Å². The molecule has 0 bridgehead atoms. The Kier molecular flexibility index (Phi) is 4.49. The van der Waals surface area contributed by atoms with E-state index in [1.54, 1.807) is 0 Å². The number of carboxylic acids is 1. The summed E-state index contributed by atoms with van der Waals surface area (Å²) in [7, 11) is 0. The van der Waals surface area contributed by atoms with Crippen molar-refractivity contribution in [2.24, 2.45) is 5.92 Å². The molecule has 0 fully saturated rings. The lowest BCUT2D eigenvalue weighted by atomic mass is 9.86. The van der Waals surface area contributed by atoms with Crippen LogP contribution in [0.2, 0.25) is 0 Å². The Bertz CT molecular complexity index is 449. The molecule has 1 N–H and O–H groups in total. The van der Waals surface area contributed by atoms with Gasteiger partial charge in [0.1, 0.15) is 0 Å². The fourth-order valence-corrected chi connectivity index (χ4v) is 1.80. The zero-order valence-corrected chi connectivity index (χ0v) is 11.1.